The van der Waals surface area contributed by atoms with Crippen molar-refractivity contribution in [3.05, 3.63) is 60.6 Å². The van der Waals surface area contributed by atoms with Gasteiger partial charge in [-0.3, -0.25) is 4.79 Å². The molecule has 27 heavy (non-hydrogen) atoms. The molecule has 0 bridgehead atoms. The Morgan fingerprint density at radius 3 is 2.93 bits per heavy atom. The second kappa shape index (κ2) is 7.23. The molecule has 0 amide bonds. The first kappa shape index (κ1) is 17.3. The molecule has 0 spiro atoms. The number of piperidine rings is 1. The molecular weight excluding hydrogens is 340 g/mol. The number of carbonyl (C=O) groups is 1. The summed E-state index contributed by atoms with van der Waals surface area (Å²) < 4.78 is 0. The third-order valence-corrected chi connectivity index (χ3v) is 5.28. The molecule has 1 saturated heterocycles. The van der Waals surface area contributed by atoms with E-state index in [1.54, 1.807) is 0 Å². The zero-order chi connectivity index (χ0) is 18.7. The first-order valence-corrected chi connectivity index (χ1v) is 9.16. The highest BCUT2D eigenvalue weighted by Crippen LogP contribution is 2.37. The number of H-pyrrole nitrogens is 1. The summed E-state index contributed by atoms with van der Waals surface area (Å²) in [5, 5.41) is 11.0. The number of benzene rings is 1. The molecule has 2 N–H and O–H groups in total. The van der Waals surface area contributed by atoms with E-state index >= 15 is 0 Å². The number of aliphatic carboxylic acids is 1. The van der Waals surface area contributed by atoms with E-state index < -0.39 is 11.4 Å². The van der Waals surface area contributed by atoms with Crippen molar-refractivity contribution in [3.8, 4) is 0 Å². The fourth-order valence-corrected chi connectivity index (χ4v) is 3.84. The van der Waals surface area contributed by atoms with Crippen LogP contribution in [0.1, 0.15) is 24.8 Å². The highest BCUT2D eigenvalue weighted by Gasteiger charge is 2.42. The summed E-state index contributed by atoms with van der Waals surface area (Å²) in [6, 6.07) is 11.9. The molecule has 3 aromatic rings. The molecule has 1 unspecified atom stereocenters. The minimum absolute atomic E-state index is 0.443. The van der Waals surface area contributed by atoms with E-state index in [9.17, 15) is 9.90 Å². The maximum absolute atomic E-state index is 12.2. The molecule has 3 heterocycles. The SMILES string of the molecule is O=C(O)C1(C/C=C/c2ccccc2)CCCN(c2ncnc3[nH]ccc23)C1. The van der Waals surface area contributed by atoms with Gasteiger partial charge >= 0.3 is 5.97 Å². The number of hydrogen-bond acceptors (Lipinski definition) is 4. The highest BCUT2D eigenvalue weighted by atomic mass is 16.4. The molecule has 1 aliphatic rings. The van der Waals surface area contributed by atoms with Crippen LogP contribution in [0.2, 0.25) is 0 Å². The fraction of sp³-hybridized carbons (Fsp3) is 0.286. The maximum atomic E-state index is 12.2. The molecule has 138 valence electrons. The number of nitrogens with zero attached hydrogens (tertiary/aromatic N) is 3. The average molecular weight is 362 g/mol. The van der Waals surface area contributed by atoms with Gasteiger partial charge in [0.1, 0.15) is 17.8 Å². The van der Waals surface area contributed by atoms with E-state index in [2.05, 4.69) is 19.9 Å². The number of hydrogen-bond donors (Lipinski definition) is 2. The van der Waals surface area contributed by atoms with Crippen molar-refractivity contribution >= 4 is 28.9 Å². The Kier molecular flexibility index (Phi) is 4.62. The monoisotopic (exact) mass is 362 g/mol. The topological polar surface area (TPSA) is 82.1 Å². The summed E-state index contributed by atoms with van der Waals surface area (Å²) in [6.45, 7) is 1.24. The van der Waals surface area contributed by atoms with E-state index in [0.29, 0.717) is 19.4 Å². The van der Waals surface area contributed by atoms with E-state index in [1.165, 1.54) is 6.33 Å². The first-order chi connectivity index (χ1) is 13.2. The normalized spacial score (nSPS) is 20.4. The van der Waals surface area contributed by atoms with Crippen molar-refractivity contribution in [2.24, 2.45) is 5.41 Å². The van der Waals surface area contributed by atoms with Crippen LogP contribution in [0.3, 0.4) is 0 Å². The van der Waals surface area contributed by atoms with Gasteiger partial charge in [0.05, 0.1) is 10.8 Å². The third kappa shape index (κ3) is 3.43. The lowest BCUT2D eigenvalue weighted by molar-refractivity contribution is -0.149. The molecule has 4 rings (SSSR count). The van der Waals surface area contributed by atoms with Crippen molar-refractivity contribution in [1.82, 2.24) is 15.0 Å². The van der Waals surface area contributed by atoms with Gasteiger partial charge in [-0.1, -0.05) is 42.5 Å². The van der Waals surface area contributed by atoms with Crippen molar-refractivity contribution in [3.63, 3.8) is 0 Å². The van der Waals surface area contributed by atoms with Gasteiger partial charge in [-0.15, -0.1) is 0 Å². The summed E-state index contributed by atoms with van der Waals surface area (Å²) in [5.41, 5.74) is 1.04. The lowest BCUT2D eigenvalue weighted by atomic mass is 9.77. The second-order valence-electron chi connectivity index (χ2n) is 7.06. The minimum atomic E-state index is -0.808. The van der Waals surface area contributed by atoms with Crippen LogP contribution in [0.5, 0.6) is 0 Å². The Hall–Kier alpha value is -3.15. The molecule has 1 atom stereocenters. The minimum Gasteiger partial charge on any atom is -0.481 e. The Morgan fingerprint density at radius 2 is 2.11 bits per heavy atom. The van der Waals surface area contributed by atoms with Gasteiger partial charge in [-0.05, 0) is 30.9 Å². The largest absolute Gasteiger partial charge is 0.481 e. The van der Waals surface area contributed by atoms with Gasteiger partial charge in [-0.25, -0.2) is 9.97 Å². The van der Waals surface area contributed by atoms with Gasteiger partial charge < -0.3 is 15.0 Å². The van der Waals surface area contributed by atoms with E-state index in [4.69, 9.17) is 0 Å². The predicted molar refractivity (Wildman–Crippen MR) is 105 cm³/mol. The molecule has 1 aliphatic heterocycles. The predicted octanol–water partition coefficient (Wildman–Crippen LogP) is 3.73. The average Bonchev–Trinajstić information content (AvgIpc) is 3.18. The van der Waals surface area contributed by atoms with Crippen molar-refractivity contribution in [1.29, 1.82) is 0 Å². The molecule has 2 aromatic heterocycles. The van der Waals surface area contributed by atoms with E-state index in [-0.39, 0.29) is 0 Å². The third-order valence-electron chi connectivity index (χ3n) is 5.28. The summed E-state index contributed by atoms with van der Waals surface area (Å²) in [7, 11) is 0. The van der Waals surface area contributed by atoms with E-state index in [1.807, 2.05) is 54.7 Å². The summed E-state index contributed by atoms with van der Waals surface area (Å²) in [6.07, 6.45) is 9.33. The Bertz CT molecular complexity index is 966. The standard InChI is InChI=1S/C21H22N4O2/c26-20(27)21(10-4-8-16-6-2-1-3-7-16)11-5-13-25(14-21)19-17-9-12-22-18(17)23-15-24-19/h1-4,6-9,12,15H,5,10-11,13-14H2,(H,26,27)(H,22,23,24)/b8-4+. The van der Waals surface area contributed by atoms with Crippen LogP contribution in [-0.2, 0) is 4.79 Å². The van der Waals surface area contributed by atoms with Crippen molar-refractivity contribution in [2.45, 2.75) is 19.3 Å². The molecule has 1 fully saturated rings. The molecule has 6 heteroatoms. The lowest BCUT2D eigenvalue weighted by Gasteiger charge is -2.40. The van der Waals surface area contributed by atoms with Crippen molar-refractivity contribution in [2.75, 3.05) is 18.0 Å². The number of carboxylic acid groups (broad SMARTS) is 1. The van der Waals surface area contributed by atoms with Crippen LogP contribution in [0.25, 0.3) is 17.1 Å². The smallest absolute Gasteiger partial charge is 0.311 e. The number of nitrogens with one attached hydrogen (secondary N) is 1. The fourth-order valence-electron chi connectivity index (χ4n) is 3.84. The number of carboxylic acids is 1. The van der Waals surface area contributed by atoms with Crippen molar-refractivity contribution < 1.29 is 9.90 Å². The van der Waals surface area contributed by atoms with Gasteiger partial charge in [-0.2, -0.15) is 0 Å². The highest BCUT2D eigenvalue weighted by molar-refractivity contribution is 5.88. The summed E-state index contributed by atoms with van der Waals surface area (Å²) >= 11 is 0. The van der Waals surface area contributed by atoms with Crippen LogP contribution in [-0.4, -0.2) is 39.1 Å². The Morgan fingerprint density at radius 1 is 1.26 bits per heavy atom. The van der Waals surface area contributed by atoms with Crippen LogP contribution in [0.4, 0.5) is 5.82 Å². The Labute approximate surface area is 157 Å². The summed E-state index contributed by atoms with van der Waals surface area (Å²) in [4.78, 5) is 26.1. The van der Waals surface area contributed by atoms with Gasteiger partial charge in [0.2, 0.25) is 0 Å². The molecule has 0 aliphatic carbocycles. The van der Waals surface area contributed by atoms with Crippen LogP contribution in [0, 0.1) is 5.41 Å². The number of allylic oxidation sites excluding steroid dienone is 1. The number of aromatic amines is 1. The number of aromatic nitrogens is 3. The summed E-state index contributed by atoms with van der Waals surface area (Å²) in [5.74, 6) is 0.0582. The number of fused-ring (bicyclic) bond motifs is 1. The first-order valence-electron chi connectivity index (χ1n) is 9.16. The zero-order valence-electron chi connectivity index (χ0n) is 15.0. The quantitative estimate of drug-likeness (QED) is 0.723. The maximum Gasteiger partial charge on any atom is 0.311 e. The van der Waals surface area contributed by atoms with Crippen LogP contribution in [0.15, 0.2) is 55.0 Å². The van der Waals surface area contributed by atoms with Crippen LogP contribution < -0.4 is 4.90 Å². The van der Waals surface area contributed by atoms with Gasteiger partial charge in [0, 0.05) is 19.3 Å². The molecule has 0 saturated carbocycles. The van der Waals surface area contributed by atoms with Gasteiger partial charge in [0.25, 0.3) is 0 Å². The molecular formula is C21H22N4O2. The van der Waals surface area contributed by atoms with Gasteiger partial charge in [0.15, 0.2) is 0 Å². The zero-order valence-corrected chi connectivity index (χ0v) is 15.0. The molecule has 1 aromatic carbocycles. The molecule has 0 radical (unpaired) electrons. The lowest BCUT2D eigenvalue weighted by Crippen LogP contribution is -2.48. The van der Waals surface area contributed by atoms with E-state index in [0.717, 1.165) is 35.4 Å². The Balaban J connectivity index is 1.58. The number of rotatable bonds is 5. The second-order valence-corrected chi connectivity index (χ2v) is 7.06. The molecule has 6 nitrogen and oxygen atoms in total. The number of anilines is 1. The van der Waals surface area contributed by atoms with Crippen LogP contribution >= 0.6 is 0 Å².